The van der Waals surface area contributed by atoms with Gasteiger partial charge in [-0.25, -0.2) is 4.98 Å². The number of hydrogen-bond acceptors (Lipinski definition) is 6. The van der Waals surface area contributed by atoms with E-state index in [1.807, 2.05) is 17.2 Å². The standard InChI is InChI=1S/C15H23N3O3S/c1-11-16-13(10-22-11)15(19)18-8-12-7-17(3-5-20-2)4-6-21-14(12)9-18/h10,12,14H,3-9H2,1-2H3/t12-,14+/m0/s1. The first kappa shape index (κ1) is 15.9. The van der Waals surface area contributed by atoms with Crippen molar-refractivity contribution in [3.63, 3.8) is 0 Å². The molecule has 2 saturated heterocycles. The topological polar surface area (TPSA) is 54.9 Å². The van der Waals surface area contributed by atoms with Gasteiger partial charge in [0.15, 0.2) is 0 Å². The number of ether oxygens (including phenoxy) is 2. The van der Waals surface area contributed by atoms with Gasteiger partial charge in [0, 0.05) is 51.1 Å². The largest absolute Gasteiger partial charge is 0.383 e. The Balaban J connectivity index is 1.61. The van der Waals surface area contributed by atoms with Crippen LogP contribution in [0.4, 0.5) is 0 Å². The summed E-state index contributed by atoms with van der Waals surface area (Å²) in [5.41, 5.74) is 0.565. The fourth-order valence-electron chi connectivity index (χ4n) is 3.17. The number of hydrogen-bond donors (Lipinski definition) is 0. The quantitative estimate of drug-likeness (QED) is 0.822. The molecule has 0 spiro atoms. The van der Waals surface area contributed by atoms with Crippen LogP contribution in [-0.4, -0.2) is 79.8 Å². The SMILES string of the molecule is COCCN1CCO[C@@H]2CN(C(=O)c3csc(C)n3)C[C@@H]2C1. The van der Waals surface area contributed by atoms with Crippen molar-refractivity contribution in [1.82, 2.24) is 14.8 Å². The van der Waals surface area contributed by atoms with Crippen molar-refractivity contribution in [2.75, 3.05) is 53.0 Å². The third-order valence-corrected chi connectivity index (χ3v) is 5.12. The molecule has 2 fully saturated rings. The lowest BCUT2D eigenvalue weighted by Gasteiger charge is -2.22. The lowest BCUT2D eigenvalue weighted by molar-refractivity contribution is 0.0479. The van der Waals surface area contributed by atoms with Gasteiger partial charge in [-0.1, -0.05) is 0 Å². The Morgan fingerprint density at radius 1 is 1.50 bits per heavy atom. The summed E-state index contributed by atoms with van der Waals surface area (Å²) in [6.07, 6.45) is 0.149. The van der Waals surface area contributed by atoms with Gasteiger partial charge >= 0.3 is 0 Å². The van der Waals surface area contributed by atoms with Gasteiger partial charge in [0.25, 0.3) is 5.91 Å². The summed E-state index contributed by atoms with van der Waals surface area (Å²) in [4.78, 5) is 21.1. The van der Waals surface area contributed by atoms with E-state index in [4.69, 9.17) is 9.47 Å². The second-order valence-corrected chi connectivity index (χ2v) is 6.99. The van der Waals surface area contributed by atoms with E-state index in [0.717, 1.165) is 44.4 Å². The van der Waals surface area contributed by atoms with Crippen LogP contribution in [0.25, 0.3) is 0 Å². The maximum Gasteiger partial charge on any atom is 0.273 e. The maximum atomic E-state index is 12.5. The zero-order chi connectivity index (χ0) is 15.5. The first-order chi connectivity index (χ1) is 10.7. The van der Waals surface area contributed by atoms with Crippen LogP contribution in [-0.2, 0) is 9.47 Å². The molecule has 0 unspecified atom stereocenters. The average Bonchev–Trinajstić information content (AvgIpc) is 3.06. The highest BCUT2D eigenvalue weighted by Crippen LogP contribution is 2.25. The fourth-order valence-corrected chi connectivity index (χ4v) is 3.76. The number of methoxy groups -OCH3 is 1. The number of rotatable bonds is 4. The minimum absolute atomic E-state index is 0.0319. The van der Waals surface area contributed by atoms with Crippen LogP contribution < -0.4 is 0 Å². The Labute approximate surface area is 135 Å². The second-order valence-electron chi connectivity index (χ2n) is 5.92. The number of fused-ring (bicyclic) bond motifs is 1. The van der Waals surface area contributed by atoms with Crippen LogP contribution in [0.3, 0.4) is 0 Å². The number of likely N-dealkylation sites (tertiary alicyclic amines) is 1. The van der Waals surface area contributed by atoms with Gasteiger partial charge in [-0.05, 0) is 6.92 Å². The van der Waals surface area contributed by atoms with E-state index in [-0.39, 0.29) is 12.0 Å². The maximum absolute atomic E-state index is 12.5. The van der Waals surface area contributed by atoms with Gasteiger partial charge in [0.2, 0.25) is 0 Å². The molecular formula is C15H23N3O3S. The molecule has 3 rings (SSSR count). The van der Waals surface area contributed by atoms with E-state index in [0.29, 0.717) is 18.2 Å². The predicted octanol–water partition coefficient (Wildman–Crippen LogP) is 0.871. The molecule has 2 aliphatic heterocycles. The Morgan fingerprint density at radius 2 is 2.36 bits per heavy atom. The fraction of sp³-hybridized carbons (Fsp3) is 0.733. The van der Waals surface area contributed by atoms with E-state index >= 15 is 0 Å². The Kier molecular flexibility index (Phi) is 5.07. The number of carbonyl (C=O) groups is 1. The van der Waals surface area contributed by atoms with Crippen molar-refractivity contribution in [2.45, 2.75) is 13.0 Å². The molecule has 7 heteroatoms. The van der Waals surface area contributed by atoms with E-state index < -0.39 is 0 Å². The Morgan fingerprint density at radius 3 is 3.09 bits per heavy atom. The molecule has 0 N–H and O–H groups in total. The Hall–Kier alpha value is -1.02. The summed E-state index contributed by atoms with van der Waals surface area (Å²) < 4.78 is 11.1. The molecule has 2 aliphatic rings. The molecule has 2 atom stereocenters. The zero-order valence-corrected chi connectivity index (χ0v) is 14.0. The minimum Gasteiger partial charge on any atom is -0.383 e. The van der Waals surface area contributed by atoms with E-state index in [2.05, 4.69) is 9.88 Å². The molecule has 1 aromatic rings. The lowest BCUT2D eigenvalue weighted by atomic mass is 10.1. The van der Waals surface area contributed by atoms with E-state index in [1.54, 1.807) is 7.11 Å². The number of carbonyl (C=O) groups excluding carboxylic acids is 1. The second kappa shape index (κ2) is 7.04. The number of nitrogens with zero attached hydrogens (tertiary/aromatic N) is 3. The van der Waals surface area contributed by atoms with Gasteiger partial charge < -0.3 is 14.4 Å². The number of amides is 1. The third-order valence-electron chi connectivity index (χ3n) is 4.35. The first-order valence-electron chi connectivity index (χ1n) is 7.71. The molecule has 1 amide bonds. The molecule has 0 radical (unpaired) electrons. The zero-order valence-electron chi connectivity index (χ0n) is 13.2. The van der Waals surface area contributed by atoms with Gasteiger partial charge in [-0.2, -0.15) is 0 Å². The summed E-state index contributed by atoms with van der Waals surface area (Å²) in [7, 11) is 1.73. The molecule has 0 bridgehead atoms. The molecule has 6 nitrogen and oxygen atoms in total. The number of thiazole rings is 1. The van der Waals surface area contributed by atoms with Gasteiger partial charge in [-0.3, -0.25) is 9.69 Å². The lowest BCUT2D eigenvalue weighted by Crippen LogP contribution is -2.35. The summed E-state index contributed by atoms with van der Waals surface area (Å²) in [5, 5.41) is 2.77. The average molecular weight is 325 g/mol. The minimum atomic E-state index is 0.0319. The molecule has 0 aromatic carbocycles. The number of aromatic nitrogens is 1. The van der Waals surface area contributed by atoms with Crippen LogP contribution in [0.15, 0.2) is 5.38 Å². The van der Waals surface area contributed by atoms with Crippen molar-refractivity contribution in [3.8, 4) is 0 Å². The van der Waals surface area contributed by atoms with E-state index in [1.165, 1.54) is 11.3 Å². The van der Waals surface area contributed by atoms with Crippen molar-refractivity contribution < 1.29 is 14.3 Å². The molecule has 122 valence electrons. The molecule has 3 heterocycles. The monoisotopic (exact) mass is 325 g/mol. The summed E-state index contributed by atoms with van der Waals surface area (Å²) in [5.74, 6) is 0.410. The van der Waals surface area contributed by atoms with Gasteiger partial charge in [0.05, 0.1) is 24.3 Å². The number of aryl methyl sites for hydroxylation is 1. The molecular weight excluding hydrogens is 302 g/mol. The summed E-state index contributed by atoms with van der Waals surface area (Å²) in [6, 6.07) is 0. The smallest absolute Gasteiger partial charge is 0.273 e. The molecule has 22 heavy (non-hydrogen) atoms. The van der Waals surface area contributed by atoms with Crippen molar-refractivity contribution in [2.24, 2.45) is 5.92 Å². The molecule has 0 aliphatic carbocycles. The summed E-state index contributed by atoms with van der Waals surface area (Å²) in [6.45, 7) is 7.64. The van der Waals surface area contributed by atoms with Crippen molar-refractivity contribution in [1.29, 1.82) is 0 Å². The van der Waals surface area contributed by atoms with Gasteiger partial charge in [-0.15, -0.1) is 11.3 Å². The van der Waals surface area contributed by atoms with Gasteiger partial charge in [0.1, 0.15) is 5.69 Å². The highest BCUT2D eigenvalue weighted by atomic mass is 32.1. The normalized spacial score (nSPS) is 26.0. The molecule has 0 saturated carbocycles. The Bertz CT molecular complexity index is 520. The van der Waals surface area contributed by atoms with Crippen LogP contribution in [0.5, 0.6) is 0 Å². The highest BCUT2D eigenvalue weighted by Gasteiger charge is 2.39. The highest BCUT2D eigenvalue weighted by molar-refractivity contribution is 7.09. The van der Waals surface area contributed by atoms with Crippen LogP contribution in [0, 0.1) is 12.8 Å². The predicted molar refractivity (Wildman–Crippen MR) is 84.3 cm³/mol. The molecule has 1 aromatic heterocycles. The van der Waals surface area contributed by atoms with Crippen LogP contribution in [0.2, 0.25) is 0 Å². The van der Waals surface area contributed by atoms with Crippen LogP contribution in [0.1, 0.15) is 15.5 Å². The van der Waals surface area contributed by atoms with Crippen molar-refractivity contribution >= 4 is 17.2 Å². The van der Waals surface area contributed by atoms with E-state index in [9.17, 15) is 4.79 Å². The third kappa shape index (κ3) is 3.48. The van der Waals surface area contributed by atoms with Crippen LogP contribution >= 0.6 is 11.3 Å². The van der Waals surface area contributed by atoms with Crippen molar-refractivity contribution in [3.05, 3.63) is 16.1 Å². The first-order valence-corrected chi connectivity index (χ1v) is 8.59. The summed E-state index contributed by atoms with van der Waals surface area (Å²) >= 11 is 1.52.